The van der Waals surface area contributed by atoms with Crippen molar-refractivity contribution in [3.05, 3.63) is 33.8 Å². The lowest BCUT2D eigenvalue weighted by Crippen LogP contribution is -2.31. The van der Waals surface area contributed by atoms with Crippen LogP contribution < -0.4 is 4.72 Å². The quantitative estimate of drug-likeness (QED) is 0.736. The van der Waals surface area contributed by atoms with Crippen LogP contribution in [-0.2, 0) is 15.8 Å². The molecule has 130 valence electrons. The third kappa shape index (κ3) is 6.98. The van der Waals surface area contributed by atoms with E-state index in [0.717, 1.165) is 26.1 Å². The normalized spacial score (nSPS) is 17.1. The van der Waals surface area contributed by atoms with Crippen molar-refractivity contribution >= 4 is 33.2 Å². The fourth-order valence-corrected chi connectivity index (χ4v) is 4.29. The lowest BCUT2D eigenvalue weighted by molar-refractivity contribution is 0.282. The largest absolute Gasteiger partial charge is 0.303 e. The summed E-state index contributed by atoms with van der Waals surface area (Å²) in [6.45, 7) is 3.70. The van der Waals surface area contributed by atoms with Gasteiger partial charge in [0.15, 0.2) is 0 Å². The first-order chi connectivity index (χ1) is 11.0. The summed E-state index contributed by atoms with van der Waals surface area (Å²) in [5.74, 6) is -0.0758. The molecule has 0 amide bonds. The molecule has 1 aromatic carbocycles. The van der Waals surface area contributed by atoms with E-state index < -0.39 is 10.0 Å². The smallest absolute Gasteiger partial charge is 0.215 e. The van der Waals surface area contributed by atoms with Crippen LogP contribution in [0.15, 0.2) is 18.2 Å². The number of rotatable bonds is 7. The maximum absolute atomic E-state index is 12.1. The van der Waals surface area contributed by atoms with E-state index in [9.17, 15) is 8.42 Å². The molecule has 1 aliphatic heterocycles. The molecule has 1 N–H and O–H groups in total. The minimum atomic E-state index is -3.34. The Labute approximate surface area is 149 Å². The zero-order valence-electron chi connectivity index (χ0n) is 13.2. The third-order valence-electron chi connectivity index (χ3n) is 4.01. The maximum Gasteiger partial charge on any atom is 0.215 e. The summed E-state index contributed by atoms with van der Waals surface area (Å²) >= 11 is 11.8. The fraction of sp³-hybridized carbons (Fsp3) is 0.625. The Morgan fingerprint density at radius 3 is 2.39 bits per heavy atom. The SMILES string of the molecule is O=S(=O)(Cc1ccc(Cl)c(Cl)c1)NCCCN1CCCCCC1. The van der Waals surface area contributed by atoms with Gasteiger partial charge in [-0.2, -0.15) is 0 Å². The van der Waals surface area contributed by atoms with Crippen molar-refractivity contribution in [3.8, 4) is 0 Å². The van der Waals surface area contributed by atoms with Gasteiger partial charge in [-0.15, -0.1) is 0 Å². The first kappa shape index (κ1) is 19.0. The number of nitrogens with one attached hydrogen (secondary N) is 1. The molecule has 1 aliphatic rings. The Bertz CT molecular complexity index is 600. The second-order valence-corrected chi connectivity index (χ2v) is 8.63. The average Bonchev–Trinajstić information content (AvgIpc) is 2.76. The molecule has 0 atom stereocenters. The molecule has 1 fully saturated rings. The van der Waals surface area contributed by atoms with Crippen LogP contribution in [0.2, 0.25) is 10.0 Å². The van der Waals surface area contributed by atoms with E-state index in [1.165, 1.54) is 25.7 Å². The first-order valence-corrected chi connectivity index (χ1v) is 10.5. The van der Waals surface area contributed by atoms with Crippen molar-refractivity contribution in [2.75, 3.05) is 26.2 Å². The van der Waals surface area contributed by atoms with Crippen molar-refractivity contribution in [1.82, 2.24) is 9.62 Å². The molecule has 7 heteroatoms. The fourth-order valence-electron chi connectivity index (χ4n) is 2.79. The van der Waals surface area contributed by atoms with Crippen LogP contribution in [-0.4, -0.2) is 39.5 Å². The van der Waals surface area contributed by atoms with Gasteiger partial charge in [0.05, 0.1) is 15.8 Å². The number of nitrogens with zero attached hydrogens (tertiary/aromatic N) is 1. The van der Waals surface area contributed by atoms with Crippen LogP contribution in [0, 0.1) is 0 Å². The number of benzene rings is 1. The van der Waals surface area contributed by atoms with E-state index in [1.807, 2.05) is 0 Å². The second kappa shape index (κ2) is 9.23. The third-order valence-corrected chi connectivity index (χ3v) is 6.11. The molecule has 0 aromatic heterocycles. The molecule has 1 aromatic rings. The topological polar surface area (TPSA) is 49.4 Å². The molecule has 23 heavy (non-hydrogen) atoms. The van der Waals surface area contributed by atoms with Crippen LogP contribution >= 0.6 is 23.2 Å². The van der Waals surface area contributed by atoms with E-state index in [0.29, 0.717) is 22.2 Å². The highest BCUT2D eigenvalue weighted by atomic mass is 35.5. The predicted octanol–water partition coefficient (Wildman–Crippen LogP) is 3.68. The molecule has 0 saturated carbocycles. The zero-order chi connectivity index (χ0) is 16.7. The van der Waals surface area contributed by atoms with Crippen LogP contribution in [0.1, 0.15) is 37.7 Å². The summed E-state index contributed by atoms with van der Waals surface area (Å²) < 4.78 is 26.9. The van der Waals surface area contributed by atoms with Crippen molar-refractivity contribution in [3.63, 3.8) is 0 Å². The summed E-state index contributed by atoms with van der Waals surface area (Å²) in [5.41, 5.74) is 0.638. The lowest BCUT2D eigenvalue weighted by Gasteiger charge is -2.19. The van der Waals surface area contributed by atoms with Crippen LogP contribution in [0.5, 0.6) is 0 Å². The Kier molecular flexibility index (Phi) is 7.63. The average molecular weight is 379 g/mol. The highest BCUT2D eigenvalue weighted by Gasteiger charge is 2.13. The van der Waals surface area contributed by atoms with Crippen molar-refractivity contribution in [2.24, 2.45) is 0 Å². The molecule has 4 nitrogen and oxygen atoms in total. The number of hydrogen-bond acceptors (Lipinski definition) is 3. The van der Waals surface area contributed by atoms with E-state index in [2.05, 4.69) is 9.62 Å². The van der Waals surface area contributed by atoms with Gasteiger partial charge in [0.2, 0.25) is 10.0 Å². The van der Waals surface area contributed by atoms with E-state index in [4.69, 9.17) is 23.2 Å². The summed E-state index contributed by atoms with van der Waals surface area (Å²) in [4.78, 5) is 2.43. The van der Waals surface area contributed by atoms with Gasteiger partial charge in [0, 0.05) is 6.54 Å². The standard InChI is InChI=1S/C16H24Cl2N2O2S/c17-15-7-6-14(12-16(15)18)13-23(21,22)19-8-5-11-20-9-3-1-2-4-10-20/h6-7,12,19H,1-5,8-11,13H2. The summed E-state index contributed by atoms with van der Waals surface area (Å²) in [6, 6.07) is 4.90. The monoisotopic (exact) mass is 378 g/mol. The summed E-state index contributed by atoms with van der Waals surface area (Å²) in [6.07, 6.45) is 5.96. The second-order valence-electron chi connectivity index (χ2n) is 6.01. The minimum Gasteiger partial charge on any atom is -0.303 e. The molecule has 1 saturated heterocycles. The molecule has 0 aliphatic carbocycles. The van der Waals surface area contributed by atoms with Gasteiger partial charge in [0.25, 0.3) is 0 Å². The summed E-state index contributed by atoms with van der Waals surface area (Å²) in [7, 11) is -3.34. The molecule has 2 rings (SSSR count). The highest BCUT2D eigenvalue weighted by molar-refractivity contribution is 7.88. The minimum absolute atomic E-state index is 0.0758. The number of hydrogen-bond donors (Lipinski definition) is 1. The van der Waals surface area contributed by atoms with Gasteiger partial charge in [-0.3, -0.25) is 0 Å². The molecule has 0 spiro atoms. The first-order valence-electron chi connectivity index (χ1n) is 8.10. The van der Waals surface area contributed by atoms with Gasteiger partial charge >= 0.3 is 0 Å². The van der Waals surface area contributed by atoms with E-state index >= 15 is 0 Å². The van der Waals surface area contributed by atoms with Crippen LogP contribution in [0.3, 0.4) is 0 Å². The highest BCUT2D eigenvalue weighted by Crippen LogP contribution is 2.23. The summed E-state index contributed by atoms with van der Waals surface area (Å²) in [5, 5.41) is 0.804. The van der Waals surface area contributed by atoms with Gasteiger partial charge in [-0.05, 0) is 56.6 Å². The Morgan fingerprint density at radius 1 is 1.04 bits per heavy atom. The van der Waals surface area contributed by atoms with Crippen molar-refractivity contribution < 1.29 is 8.42 Å². The number of halogens is 2. The van der Waals surface area contributed by atoms with Crippen molar-refractivity contribution in [1.29, 1.82) is 0 Å². The van der Waals surface area contributed by atoms with Crippen LogP contribution in [0.4, 0.5) is 0 Å². The van der Waals surface area contributed by atoms with Gasteiger partial charge in [-0.25, -0.2) is 13.1 Å². The van der Waals surface area contributed by atoms with Gasteiger partial charge in [0.1, 0.15) is 0 Å². The molecule has 0 bridgehead atoms. The Hall–Kier alpha value is -0.330. The van der Waals surface area contributed by atoms with Gasteiger partial charge < -0.3 is 4.90 Å². The Balaban J connectivity index is 1.74. The zero-order valence-corrected chi connectivity index (χ0v) is 15.6. The molecular formula is C16H24Cl2N2O2S. The number of sulfonamides is 1. The van der Waals surface area contributed by atoms with Crippen LogP contribution in [0.25, 0.3) is 0 Å². The van der Waals surface area contributed by atoms with E-state index in [1.54, 1.807) is 18.2 Å². The van der Waals surface area contributed by atoms with Gasteiger partial charge in [-0.1, -0.05) is 42.1 Å². The van der Waals surface area contributed by atoms with E-state index in [-0.39, 0.29) is 5.75 Å². The number of likely N-dealkylation sites (tertiary alicyclic amines) is 1. The Morgan fingerprint density at radius 2 is 1.74 bits per heavy atom. The lowest BCUT2D eigenvalue weighted by atomic mass is 10.2. The molecular weight excluding hydrogens is 355 g/mol. The maximum atomic E-state index is 12.1. The van der Waals surface area contributed by atoms with Crippen molar-refractivity contribution in [2.45, 2.75) is 37.9 Å². The molecule has 0 radical (unpaired) electrons. The molecule has 1 heterocycles. The molecule has 0 unspecified atom stereocenters. The predicted molar refractivity (Wildman–Crippen MR) is 96.6 cm³/mol.